The fourth-order valence-electron chi connectivity index (χ4n) is 3.06. The number of piperidine rings is 1. The largest absolute Gasteiger partial charge is 0.504 e. The first-order chi connectivity index (χ1) is 12.5. The maximum absolute atomic E-state index is 12.1. The molecule has 0 saturated carbocycles. The van der Waals surface area contributed by atoms with E-state index in [4.69, 9.17) is 9.47 Å². The molecule has 0 amide bonds. The van der Waals surface area contributed by atoms with Crippen LogP contribution in [0.2, 0.25) is 0 Å². The summed E-state index contributed by atoms with van der Waals surface area (Å²) < 4.78 is 10.1. The third-order valence-electron chi connectivity index (χ3n) is 4.46. The van der Waals surface area contributed by atoms with Crippen molar-refractivity contribution in [1.82, 2.24) is 4.90 Å². The van der Waals surface area contributed by atoms with Gasteiger partial charge in [-0.2, -0.15) is 0 Å². The highest BCUT2D eigenvalue weighted by molar-refractivity contribution is 5.93. The number of phenolic OH excluding ortho intramolecular Hbond substituents is 1. The fraction of sp³-hybridized carbons (Fsp3) is 0.500. The number of hydrogen-bond acceptors (Lipinski definition) is 6. The summed E-state index contributed by atoms with van der Waals surface area (Å²) in [7, 11) is 1.49. The Labute approximate surface area is 154 Å². The highest BCUT2D eigenvalue weighted by Crippen LogP contribution is 2.26. The molecule has 142 valence electrons. The van der Waals surface area contributed by atoms with Crippen LogP contribution in [0.1, 0.15) is 31.7 Å². The zero-order valence-corrected chi connectivity index (χ0v) is 15.4. The van der Waals surface area contributed by atoms with Gasteiger partial charge in [0.25, 0.3) is 0 Å². The van der Waals surface area contributed by atoms with E-state index in [0.717, 1.165) is 24.9 Å². The first-order valence-corrected chi connectivity index (χ1v) is 9.00. The predicted molar refractivity (Wildman–Crippen MR) is 99.1 cm³/mol. The van der Waals surface area contributed by atoms with E-state index in [1.54, 1.807) is 24.3 Å². The molecule has 6 nitrogen and oxygen atoms in total. The van der Waals surface area contributed by atoms with Crippen molar-refractivity contribution in [3.05, 3.63) is 29.8 Å². The molecule has 1 fully saturated rings. The topological polar surface area (TPSA) is 76.1 Å². The van der Waals surface area contributed by atoms with Crippen molar-refractivity contribution >= 4 is 17.8 Å². The lowest BCUT2D eigenvalue weighted by atomic mass is 9.98. The summed E-state index contributed by atoms with van der Waals surface area (Å²) >= 11 is 0. The zero-order chi connectivity index (χ0) is 18.9. The number of allylic oxidation sites excluding steroid dienone is 1. The van der Waals surface area contributed by atoms with Crippen LogP contribution in [0.3, 0.4) is 0 Å². The summed E-state index contributed by atoms with van der Waals surface area (Å²) in [5, 5.41) is 9.75. The number of esters is 1. The van der Waals surface area contributed by atoms with Gasteiger partial charge in [0, 0.05) is 19.5 Å². The molecule has 0 aliphatic carbocycles. The van der Waals surface area contributed by atoms with Crippen LogP contribution in [0.15, 0.2) is 24.3 Å². The Balaban J connectivity index is 1.81. The lowest BCUT2D eigenvalue weighted by Crippen LogP contribution is -2.40. The molecule has 1 unspecified atom stereocenters. The van der Waals surface area contributed by atoms with Crippen LogP contribution in [0.25, 0.3) is 6.08 Å². The molecule has 1 atom stereocenters. The second-order valence-corrected chi connectivity index (χ2v) is 6.37. The van der Waals surface area contributed by atoms with Crippen LogP contribution in [-0.4, -0.2) is 55.1 Å². The van der Waals surface area contributed by atoms with Crippen molar-refractivity contribution in [3.8, 4) is 11.5 Å². The molecule has 1 heterocycles. The molecule has 0 bridgehead atoms. The number of carbonyl (C=O) groups is 2. The number of nitrogens with zero attached hydrogens (tertiary/aromatic N) is 1. The van der Waals surface area contributed by atoms with Gasteiger partial charge in [-0.15, -0.1) is 0 Å². The Morgan fingerprint density at radius 1 is 1.38 bits per heavy atom. The number of benzene rings is 1. The van der Waals surface area contributed by atoms with Gasteiger partial charge in [0.1, 0.15) is 0 Å². The Morgan fingerprint density at radius 2 is 2.19 bits per heavy atom. The monoisotopic (exact) mass is 361 g/mol. The first-order valence-electron chi connectivity index (χ1n) is 9.00. The molecule has 1 aliphatic heterocycles. The van der Waals surface area contributed by atoms with E-state index in [0.29, 0.717) is 31.9 Å². The van der Waals surface area contributed by atoms with Gasteiger partial charge in [0.15, 0.2) is 17.3 Å². The number of hydrogen-bond donors (Lipinski definition) is 1. The first kappa shape index (κ1) is 20.0. The minimum atomic E-state index is -0.136. The molecule has 0 spiro atoms. The fourth-order valence-corrected chi connectivity index (χ4v) is 3.06. The third kappa shape index (κ3) is 5.88. The highest BCUT2D eigenvalue weighted by Gasteiger charge is 2.26. The van der Waals surface area contributed by atoms with E-state index in [9.17, 15) is 14.7 Å². The van der Waals surface area contributed by atoms with Crippen LogP contribution < -0.4 is 4.74 Å². The average molecular weight is 361 g/mol. The standard InChI is InChI=1S/C20H27NO5/c1-3-26-20(24)16-5-4-11-21(14-16)12-10-17(22)8-6-15-7-9-19(25-2)18(23)13-15/h6-9,13,16,23H,3-5,10-12,14H2,1-2H3. The molecule has 1 aromatic rings. The van der Waals surface area contributed by atoms with E-state index < -0.39 is 0 Å². The number of ether oxygens (including phenoxy) is 2. The van der Waals surface area contributed by atoms with Crippen LogP contribution in [0, 0.1) is 5.92 Å². The maximum atomic E-state index is 12.1. The van der Waals surface area contributed by atoms with Crippen molar-refractivity contribution < 1.29 is 24.2 Å². The van der Waals surface area contributed by atoms with E-state index in [1.807, 2.05) is 6.92 Å². The summed E-state index contributed by atoms with van der Waals surface area (Å²) in [6.07, 6.45) is 5.39. The summed E-state index contributed by atoms with van der Waals surface area (Å²) in [4.78, 5) is 26.1. The third-order valence-corrected chi connectivity index (χ3v) is 4.46. The molecule has 1 saturated heterocycles. The zero-order valence-electron chi connectivity index (χ0n) is 15.4. The highest BCUT2D eigenvalue weighted by atomic mass is 16.5. The summed E-state index contributed by atoms with van der Waals surface area (Å²) in [5.41, 5.74) is 0.733. The Bertz CT molecular complexity index is 656. The summed E-state index contributed by atoms with van der Waals surface area (Å²) in [6.45, 7) is 4.40. The molecule has 0 radical (unpaired) electrons. The van der Waals surface area contributed by atoms with Crippen molar-refractivity contribution in [2.75, 3.05) is 33.4 Å². The molecule has 26 heavy (non-hydrogen) atoms. The number of phenols is 1. The molecule has 0 aromatic heterocycles. The van der Waals surface area contributed by atoms with E-state index in [2.05, 4.69) is 4.90 Å². The lowest BCUT2D eigenvalue weighted by Gasteiger charge is -2.31. The van der Waals surface area contributed by atoms with Gasteiger partial charge >= 0.3 is 5.97 Å². The van der Waals surface area contributed by atoms with Gasteiger partial charge < -0.3 is 19.5 Å². The molecule has 2 rings (SSSR count). The Morgan fingerprint density at radius 3 is 2.88 bits per heavy atom. The second-order valence-electron chi connectivity index (χ2n) is 6.37. The van der Waals surface area contributed by atoms with Crippen molar-refractivity contribution in [3.63, 3.8) is 0 Å². The number of likely N-dealkylation sites (tertiary alicyclic amines) is 1. The van der Waals surface area contributed by atoms with E-state index >= 15 is 0 Å². The van der Waals surface area contributed by atoms with Gasteiger partial charge in [0.05, 0.1) is 19.6 Å². The Kier molecular flexibility index (Phi) is 7.66. The van der Waals surface area contributed by atoms with E-state index in [1.165, 1.54) is 13.2 Å². The molecule has 6 heteroatoms. The van der Waals surface area contributed by atoms with E-state index in [-0.39, 0.29) is 23.4 Å². The van der Waals surface area contributed by atoms with Gasteiger partial charge in [-0.25, -0.2) is 0 Å². The second kappa shape index (κ2) is 9.97. The molecular formula is C20H27NO5. The number of ketones is 1. The maximum Gasteiger partial charge on any atom is 0.310 e. The summed E-state index contributed by atoms with van der Waals surface area (Å²) in [6, 6.07) is 4.98. The van der Waals surface area contributed by atoms with Crippen molar-refractivity contribution in [2.45, 2.75) is 26.2 Å². The summed E-state index contributed by atoms with van der Waals surface area (Å²) in [5.74, 6) is 0.230. The van der Waals surface area contributed by atoms with Crippen LogP contribution in [-0.2, 0) is 14.3 Å². The van der Waals surface area contributed by atoms with Crippen LogP contribution >= 0.6 is 0 Å². The van der Waals surface area contributed by atoms with Crippen molar-refractivity contribution in [2.24, 2.45) is 5.92 Å². The van der Waals surface area contributed by atoms with Crippen molar-refractivity contribution in [1.29, 1.82) is 0 Å². The number of aromatic hydroxyl groups is 1. The quantitative estimate of drug-likeness (QED) is 0.567. The minimum Gasteiger partial charge on any atom is -0.504 e. The van der Waals surface area contributed by atoms with Gasteiger partial charge in [-0.1, -0.05) is 12.1 Å². The predicted octanol–water partition coefficient (Wildman–Crippen LogP) is 2.65. The molecule has 1 aromatic carbocycles. The number of carbonyl (C=O) groups excluding carboxylic acids is 2. The van der Waals surface area contributed by atoms with Gasteiger partial charge in [-0.05, 0) is 50.1 Å². The van der Waals surface area contributed by atoms with Gasteiger partial charge in [0.2, 0.25) is 0 Å². The minimum absolute atomic E-state index is 0.0126. The Hall–Kier alpha value is -2.34. The number of methoxy groups -OCH3 is 1. The number of rotatable bonds is 8. The normalized spacial score (nSPS) is 18.0. The van der Waals surface area contributed by atoms with Crippen LogP contribution in [0.5, 0.6) is 11.5 Å². The van der Waals surface area contributed by atoms with Gasteiger partial charge in [-0.3, -0.25) is 9.59 Å². The molecule has 1 N–H and O–H groups in total. The van der Waals surface area contributed by atoms with Crippen LogP contribution in [0.4, 0.5) is 0 Å². The smallest absolute Gasteiger partial charge is 0.310 e. The molecular weight excluding hydrogens is 334 g/mol. The molecule has 1 aliphatic rings. The lowest BCUT2D eigenvalue weighted by molar-refractivity contribution is -0.149. The average Bonchev–Trinajstić information content (AvgIpc) is 2.65. The SMILES string of the molecule is CCOC(=O)C1CCCN(CCC(=O)C=Cc2ccc(OC)c(O)c2)C1.